The molecule has 3 rings (SSSR count). The molecule has 2 nitrogen and oxygen atoms in total. The second kappa shape index (κ2) is 8.23. The maximum atomic E-state index is 14.6. The van der Waals surface area contributed by atoms with E-state index in [0.717, 1.165) is 12.8 Å². The highest BCUT2D eigenvalue weighted by molar-refractivity contribution is 5.66. The van der Waals surface area contributed by atoms with Crippen LogP contribution in [0.3, 0.4) is 0 Å². The number of ether oxygens (including phenoxy) is 2. The van der Waals surface area contributed by atoms with E-state index < -0.39 is 17.5 Å². The van der Waals surface area contributed by atoms with Crippen LogP contribution in [0.1, 0.15) is 43.9 Å². The van der Waals surface area contributed by atoms with E-state index in [1.807, 2.05) is 6.92 Å². The predicted octanol–water partition coefficient (Wildman–Crippen LogP) is 5.59. The Labute approximate surface area is 151 Å². The van der Waals surface area contributed by atoms with Crippen molar-refractivity contribution in [3.63, 3.8) is 0 Å². The van der Waals surface area contributed by atoms with Crippen LogP contribution in [0.5, 0.6) is 0 Å². The first kappa shape index (κ1) is 18.9. The lowest BCUT2D eigenvalue weighted by atomic mass is 9.96. The Hall–Kier alpha value is -1.85. The van der Waals surface area contributed by atoms with E-state index in [4.69, 9.17) is 9.47 Å². The van der Waals surface area contributed by atoms with Crippen LogP contribution in [0, 0.1) is 17.5 Å². The highest BCUT2D eigenvalue weighted by Gasteiger charge is 2.24. The topological polar surface area (TPSA) is 18.5 Å². The van der Waals surface area contributed by atoms with Gasteiger partial charge in [0.25, 0.3) is 0 Å². The molecule has 0 saturated carbocycles. The molecule has 0 bridgehead atoms. The minimum Gasteiger partial charge on any atom is -0.376 e. The van der Waals surface area contributed by atoms with Crippen LogP contribution < -0.4 is 0 Å². The molecule has 2 aromatic rings. The van der Waals surface area contributed by atoms with Crippen molar-refractivity contribution < 1.29 is 22.6 Å². The summed E-state index contributed by atoms with van der Waals surface area (Å²) in [7, 11) is 0. The fraction of sp³-hybridized carbons (Fsp3) is 0.429. The van der Waals surface area contributed by atoms with Gasteiger partial charge in [0.15, 0.2) is 11.6 Å². The minimum absolute atomic E-state index is 0.0517. The quantitative estimate of drug-likeness (QED) is 0.688. The molecule has 140 valence electrons. The molecule has 0 spiro atoms. The summed E-state index contributed by atoms with van der Waals surface area (Å²) in [5.74, 6) is -2.50. The van der Waals surface area contributed by atoms with E-state index >= 15 is 0 Å². The van der Waals surface area contributed by atoms with Gasteiger partial charge in [-0.2, -0.15) is 0 Å². The highest BCUT2D eigenvalue weighted by Crippen LogP contribution is 2.34. The normalized spacial score (nSPS) is 20.3. The minimum atomic E-state index is -1.01. The standard InChI is InChI=1S/C21H23F3O2/c1-3-13-5-9-17(21(24)20(13)23)16-8-6-14(11-18(16)22)19-10-7-15(12-26-19)25-4-2/h5-6,8-9,11,15,19H,3-4,7,10,12H2,1-2H3. The lowest BCUT2D eigenvalue weighted by molar-refractivity contribution is -0.0840. The summed E-state index contributed by atoms with van der Waals surface area (Å²) in [6.45, 7) is 4.80. The van der Waals surface area contributed by atoms with Gasteiger partial charge < -0.3 is 9.47 Å². The smallest absolute Gasteiger partial charge is 0.167 e. The Kier molecular flexibility index (Phi) is 5.99. The molecule has 1 saturated heterocycles. The summed E-state index contributed by atoms with van der Waals surface area (Å²) in [6.07, 6.45) is 1.83. The van der Waals surface area contributed by atoms with Gasteiger partial charge in [-0.05, 0) is 43.4 Å². The maximum Gasteiger partial charge on any atom is 0.167 e. The number of halogens is 3. The van der Waals surface area contributed by atoms with E-state index in [2.05, 4.69) is 0 Å². The van der Waals surface area contributed by atoms with Crippen LogP contribution in [0.4, 0.5) is 13.2 Å². The van der Waals surface area contributed by atoms with Crippen molar-refractivity contribution in [1.29, 1.82) is 0 Å². The SMILES string of the molecule is CCOC1CCC(c2ccc(-c3ccc(CC)c(F)c3F)c(F)c2)OC1. The van der Waals surface area contributed by atoms with Crippen molar-refractivity contribution in [3.8, 4) is 11.1 Å². The third-order valence-electron chi connectivity index (χ3n) is 4.83. The van der Waals surface area contributed by atoms with Crippen LogP contribution >= 0.6 is 0 Å². The second-order valence-corrected chi connectivity index (χ2v) is 6.47. The summed E-state index contributed by atoms with van der Waals surface area (Å²) in [5.41, 5.74) is 0.968. The van der Waals surface area contributed by atoms with Crippen molar-refractivity contribution in [2.45, 2.75) is 45.3 Å². The summed E-state index contributed by atoms with van der Waals surface area (Å²) in [4.78, 5) is 0. The molecule has 0 radical (unpaired) electrons. The van der Waals surface area contributed by atoms with Gasteiger partial charge in [-0.3, -0.25) is 0 Å². The first-order valence-electron chi connectivity index (χ1n) is 9.05. The molecule has 2 atom stereocenters. The molecule has 1 aliphatic heterocycles. The first-order valence-corrected chi connectivity index (χ1v) is 9.05. The van der Waals surface area contributed by atoms with Gasteiger partial charge in [-0.15, -0.1) is 0 Å². The summed E-state index contributed by atoms with van der Waals surface area (Å²) in [6, 6.07) is 7.49. The van der Waals surface area contributed by atoms with Crippen LogP contribution in [0.15, 0.2) is 30.3 Å². The third kappa shape index (κ3) is 3.79. The van der Waals surface area contributed by atoms with Gasteiger partial charge in [0.05, 0.1) is 18.8 Å². The summed E-state index contributed by atoms with van der Waals surface area (Å²) >= 11 is 0. The lowest BCUT2D eigenvalue weighted by Crippen LogP contribution is -2.27. The van der Waals surface area contributed by atoms with Gasteiger partial charge >= 0.3 is 0 Å². The molecule has 0 N–H and O–H groups in total. The molecule has 2 unspecified atom stereocenters. The fourth-order valence-electron chi connectivity index (χ4n) is 3.38. The Morgan fingerprint density at radius 1 is 1.00 bits per heavy atom. The Morgan fingerprint density at radius 3 is 2.38 bits per heavy atom. The van der Waals surface area contributed by atoms with Crippen LogP contribution in [0.25, 0.3) is 11.1 Å². The van der Waals surface area contributed by atoms with Gasteiger partial charge in [0, 0.05) is 17.7 Å². The molecule has 26 heavy (non-hydrogen) atoms. The van der Waals surface area contributed by atoms with Crippen molar-refractivity contribution in [3.05, 3.63) is 58.9 Å². The van der Waals surface area contributed by atoms with Crippen LogP contribution in [-0.4, -0.2) is 19.3 Å². The summed E-state index contributed by atoms with van der Waals surface area (Å²) in [5, 5.41) is 0. The average Bonchev–Trinajstić information content (AvgIpc) is 2.65. The molecule has 0 aromatic heterocycles. The number of rotatable bonds is 5. The number of hydrogen-bond donors (Lipinski definition) is 0. The zero-order valence-electron chi connectivity index (χ0n) is 15.0. The highest BCUT2D eigenvalue weighted by atomic mass is 19.2. The Morgan fingerprint density at radius 2 is 1.77 bits per heavy atom. The zero-order chi connectivity index (χ0) is 18.7. The number of aryl methyl sites for hydroxylation is 1. The van der Waals surface area contributed by atoms with Crippen molar-refractivity contribution >= 4 is 0 Å². The third-order valence-corrected chi connectivity index (χ3v) is 4.83. The van der Waals surface area contributed by atoms with Gasteiger partial charge in [0.2, 0.25) is 0 Å². The van der Waals surface area contributed by atoms with Crippen molar-refractivity contribution in [2.24, 2.45) is 0 Å². The number of benzene rings is 2. The molecular weight excluding hydrogens is 341 g/mol. The van der Waals surface area contributed by atoms with Gasteiger partial charge in [0.1, 0.15) is 5.82 Å². The Balaban J connectivity index is 1.82. The molecule has 1 fully saturated rings. The van der Waals surface area contributed by atoms with Gasteiger partial charge in [-0.25, -0.2) is 13.2 Å². The second-order valence-electron chi connectivity index (χ2n) is 6.47. The van der Waals surface area contributed by atoms with Crippen LogP contribution in [0.2, 0.25) is 0 Å². The van der Waals surface area contributed by atoms with E-state index in [-0.39, 0.29) is 28.9 Å². The predicted molar refractivity (Wildman–Crippen MR) is 94.5 cm³/mol. The van der Waals surface area contributed by atoms with E-state index in [9.17, 15) is 13.2 Å². The monoisotopic (exact) mass is 364 g/mol. The van der Waals surface area contributed by atoms with E-state index in [0.29, 0.717) is 25.2 Å². The zero-order valence-corrected chi connectivity index (χ0v) is 15.0. The van der Waals surface area contributed by atoms with Crippen molar-refractivity contribution in [2.75, 3.05) is 13.2 Å². The maximum absolute atomic E-state index is 14.6. The van der Waals surface area contributed by atoms with Crippen molar-refractivity contribution in [1.82, 2.24) is 0 Å². The molecule has 0 aliphatic carbocycles. The molecule has 5 heteroatoms. The average molecular weight is 364 g/mol. The number of hydrogen-bond acceptors (Lipinski definition) is 2. The molecule has 0 amide bonds. The molecule has 2 aromatic carbocycles. The molecule has 1 aliphatic rings. The largest absolute Gasteiger partial charge is 0.376 e. The molecule has 1 heterocycles. The van der Waals surface area contributed by atoms with Gasteiger partial charge in [-0.1, -0.05) is 31.2 Å². The lowest BCUT2D eigenvalue weighted by Gasteiger charge is -2.29. The Bertz CT molecular complexity index is 768. The van der Waals surface area contributed by atoms with E-state index in [1.165, 1.54) is 24.3 Å². The summed E-state index contributed by atoms with van der Waals surface area (Å²) < 4.78 is 54.3. The van der Waals surface area contributed by atoms with Crippen LogP contribution in [-0.2, 0) is 15.9 Å². The fourth-order valence-corrected chi connectivity index (χ4v) is 3.38. The first-order chi connectivity index (χ1) is 12.5. The molecular formula is C21H23F3O2. The van der Waals surface area contributed by atoms with E-state index in [1.54, 1.807) is 13.0 Å².